The molecule has 0 amide bonds. The highest BCUT2D eigenvalue weighted by Gasteiger charge is 2.24. The van der Waals surface area contributed by atoms with Crippen molar-refractivity contribution in [2.75, 3.05) is 13.7 Å². The van der Waals surface area contributed by atoms with E-state index in [2.05, 4.69) is 17.3 Å². The molecule has 2 aromatic rings. The average Bonchev–Trinajstić information content (AvgIpc) is 2.93. The Labute approximate surface area is 116 Å². The van der Waals surface area contributed by atoms with Gasteiger partial charge < -0.3 is 10.1 Å². The molecule has 0 saturated carbocycles. The highest BCUT2D eigenvalue weighted by Crippen LogP contribution is 2.36. The normalized spacial score (nSPS) is 12.7. The highest BCUT2D eigenvalue weighted by molar-refractivity contribution is 7.10. The first kappa shape index (κ1) is 13.4. The first-order valence-corrected chi connectivity index (χ1v) is 6.97. The fourth-order valence-electron chi connectivity index (χ4n) is 1.94. The number of rotatable bonds is 5. The van der Waals surface area contributed by atoms with Crippen LogP contribution in [0, 0.1) is 0 Å². The van der Waals surface area contributed by atoms with E-state index in [-0.39, 0.29) is 6.04 Å². The van der Waals surface area contributed by atoms with E-state index in [1.165, 1.54) is 0 Å². The molecular formula is C12H16ClN3OS. The van der Waals surface area contributed by atoms with Crippen molar-refractivity contribution in [1.29, 1.82) is 0 Å². The van der Waals surface area contributed by atoms with Gasteiger partial charge in [0, 0.05) is 11.9 Å². The molecule has 2 heterocycles. The fraction of sp³-hybridized carbons (Fsp3) is 0.417. The first-order chi connectivity index (χ1) is 8.69. The van der Waals surface area contributed by atoms with Gasteiger partial charge in [-0.05, 0) is 18.0 Å². The molecule has 18 heavy (non-hydrogen) atoms. The molecule has 4 nitrogen and oxygen atoms in total. The molecular weight excluding hydrogens is 270 g/mol. The molecule has 0 aliphatic carbocycles. The maximum absolute atomic E-state index is 6.23. The third-order valence-electron chi connectivity index (χ3n) is 2.76. The van der Waals surface area contributed by atoms with Crippen LogP contribution in [0.5, 0.6) is 5.75 Å². The van der Waals surface area contributed by atoms with Crippen LogP contribution in [0.15, 0.2) is 17.6 Å². The van der Waals surface area contributed by atoms with Gasteiger partial charge in [-0.1, -0.05) is 18.5 Å². The van der Waals surface area contributed by atoms with Crippen LogP contribution >= 0.6 is 22.9 Å². The lowest BCUT2D eigenvalue weighted by atomic mass is 10.1. The van der Waals surface area contributed by atoms with Crippen molar-refractivity contribution in [3.8, 4) is 5.75 Å². The van der Waals surface area contributed by atoms with Gasteiger partial charge >= 0.3 is 0 Å². The van der Waals surface area contributed by atoms with Crippen LogP contribution in [-0.2, 0) is 7.05 Å². The van der Waals surface area contributed by atoms with Gasteiger partial charge in [0.25, 0.3) is 0 Å². The van der Waals surface area contributed by atoms with Gasteiger partial charge in [0.15, 0.2) is 5.75 Å². The van der Waals surface area contributed by atoms with Crippen LogP contribution in [0.25, 0.3) is 0 Å². The van der Waals surface area contributed by atoms with E-state index >= 15 is 0 Å². The number of thiophene rings is 1. The second-order valence-corrected chi connectivity index (χ2v) is 5.20. The fourth-order valence-corrected chi connectivity index (χ4v) is 3.19. The molecule has 0 aliphatic rings. The third kappa shape index (κ3) is 2.39. The number of halogens is 1. The minimum atomic E-state index is 0.00458. The predicted octanol–water partition coefficient (Wildman–Crippen LogP) is 2.84. The van der Waals surface area contributed by atoms with Crippen molar-refractivity contribution in [3.63, 3.8) is 0 Å². The molecule has 0 aliphatic heterocycles. The zero-order valence-corrected chi connectivity index (χ0v) is 12.2. The maximum Gasteiger partial charge on any atom is 0.161 e. The molecule has 1 unspecified atom stereocenters. The monoisotopic (exact) mass is 285 g/mol. The number of nitrogens with zero attached hydrogens (tertiary/aromatic N) is 2. The smallest absolute Gasteiger partial charge is 0.161 e. The third-order valence-corrected chi connectivity index (χ3v) is 4.18. The molecule has 98 valence electrons. The Kier molecular flexibility index (Phi) is 4.27. The molecule has 1 N–H and O–H groups in total. The van der Waals surface area contributed by atoms with E-state index in [1.54, 1.807) is 24.6 Å². The van der Waals surface area contributed by atoms with E-state index in [0.29, 0.717) is 0 Å². The molecule has 2 aromatic heterocycles. The molecule has 0 aromatic carbocycles. The topological polar surface area (TPSA) is 39.1 Å². The van der Waals surface area contributed by atoms with Crippen molar-refractivity contribution in [3.05, 3.63) is 33.2 Å². The highest BCUT2D eigenvalue weighted by atomic mass is 35.5. The Morgan fingerprint density at radius 1 is 1.61 bits per heavy atom. The molecule has 0 radical (unpaired) electrons. The molecule has 1 atom stereocenters. The zero-order valence-electron chi connectivity index (χ0n) is 10.6. The van der Waals surface area contributed by atoms with Gasteiger partial charge in [-0.15, -0.1) is 11.3 Å². The van der Waals surface area contributed by atoms with Crippen molar-refractivity contribution in [1.82, 2.24) is 15.1 Å². The number of nitrogens with one attached hydrogen (secondary N) is 1. The van der Waals surface area contributed by atoms with Gasteiger partial charge in [0.05, 0.1) is 24.4 Å². The minimum absolute atomic E-state index is 0.00458. The maximum atomic E-state index is 6.23. The molecule has 0 saturated heterocycles. The first-order valence-electron chi connectivity index (χ1n) is 5.71. The van der Waals surface area contributed by atoms with Crippen molar-refractivity contribution in [2.24, 2.45) is 7.05 Å². The minimum Gasteiger partial charge on any atom is -0.493 e. The van der Waals surface area contributed by atoms with Gasteiger partial charge in [-0.3, -0.25) is 4.68 Å². The van der Waals surface area contributed by atoms with E-state index in [1.807, 2.05) is 23.2 Å². The Morgan fingerprint density at radius 2 is 2.39 bits per heavy atom. The summed E-state index contributed by atoms with van der Waals surface area (Å²) < 4.78 is 7.19. The van der Waals surface area contributed by atoms with Crippen LogP contribution in [0.1, 0.15) is 23.5 Å². The SMILES string of the molecule is CCNC(c1sccc1Cl)c1c(OC)cnn1C. The molecule has 6 heteroatoms. The summed E-state index contributed by atoms with van der Waals surface area (Å²) in [6.45, 7) is 2.91. The van der Waals surface area contributed by atoms with Crippen LogP contribution in [0.4, 0.5) is 0 Å². The van der Waals surface area contributed by atoms with Gasteiger partial charge in [0.1, 0.15) is 5.69 Å². The molecule has 2 rings (SSSR count). The van der Waals surface area contributed by atoms with Gasteiger partial charge in [-0.25, -0.2) is 0 Å². The van der Waals surface area contributed by atoms with Gasteiger partial charge in [-0.2, -0.15) is 5.10 Å². The number of ether oxygens (including phenoxy) is 1. The average molecular weight is 286 g/mol. The molecule has 0 fully saturated rings. The number of methoxy groups -OCH3 is 1. The summed E-state index contributed by atoms with van der Waals surface area (Å²) in [4.78, 5) is 1.08. The number of aryl methyl sites for hydroxylation is 1. The summed E-state index contributed by atoms with van der Waals surface area (Å²) in [6.07, 6.45) is 1.72. The van der Waals surface area contributed by atoms with Crippen LogP contribution in [0.2, 0.25) is 5.02 Å². The predicted molar refractivity (Wildman–Crippen MR) is 74.6 cm³/mol. The Hall–Kier alpha value is -1.04. The summed E-state index contributed by atoms with van der Waals surface area (Å²) in [5, 5.41) is 10.4. The quantitative estimate of drug-likeness (QED) is 0.918. The number of hydrogen-bond donors (Lipinski definition) is 1. The molecule has 0 bridgehead atoms. The van der Waals surface area contributed by atoms with Crippen LogP contribution in [0.3, 0.4) is 0 Å². The molecule has 0 spiro atoms. The lowest BCUT2D eigenvalue weighted by Gasteiger charge is -2.18. The lowest BCUT2D eigenvalue weighted by molar-refractivity contribution is 0.401. The summed E-state index contributed by atoms with van der Waals surface area (Å²) >= 11 is 7.87. The second kappa shape index (κ2) is 5.73. The standard InChI is InChI=1S/C12H16ClN3OS/c1-4-14-10(12-8(13)5-6-18-12)11-9(17-3)7-15-16(11)2/h5-7,10,14H,4H2,1-3H3. The second-order valence-electron chi connectivity index (χ2n) is 3.85. The van der Waals surface area contributed by atoms with Gasteiger partial charge in [0.2, 0.25) is 0 Å². The van der Waals surface area contributed by atoms with Crippen LogP contribution < -0.4 is 10.1 Å². The van der Waals surface area contributed by atoms with E-state index in [0.717, 1.165) is 27.9 Å². The Balaban J connectivity index is 2.47. The number of aromatic nitrogens is 2. The van der Waals surface area contributed by atoms with Crippen LogP contribution in [-0.4, -0.2) is 23.4 Å². The Bertz CT molecular complexity index is 523. The summed E-state index contributed by atoms with van der Waals surface area (Å²) in [5.41, 5.74) is 0.990. The lowest BCUT2D eigenvalue weighted by Crippen LogP contribution is -2.24. The largest absolute Gasteiger partial charge is 0.493 e. The summed E-state index contributed by atoms with van der Waals surface area (Å²) in [6, 6.07) is 1.92. The number of hydrogen-bond acceptors (Lipinski definition) is 4. The van der Waals surface area contributed by atoms with E-state index in [9.17, 15) is 0 Å². The van der Waals surface area contributed by atoms with Crippen molar-refractivity contribution >= 4 is 22.9 Å². The van der Waals surface area contributed by atoms with Crippen molar-refractivity contribution in [2.45, 2.75) is 13.0 Å². The van der Waals surface area contributed by atoms with E-state index in [4.69, 9.17) is 16.3 Å². The summed E-state index contributed by atoms with van der Waals surface area (Å²) in [7, 11) is 3.56. The zero-order chi connectivity index (χ0) is 13.1. The Morgan fingerprint density at radius 3 is 2.94 bits per heavy atom. The van der Waals surface area contributed by atoms with E-state index < -0.39 is 0 Å². The van der Waals surface area contributed by atoms with Crippen molar-refractivity contribution < 1.29 is 4.74 Å². The summed E-state index contributed by atoms with van der Waals surface area (Å²) in [5.74, 6) is 0.771.